The number of hydrogen-bond acceptors (Lipinski definition) is 4. The fourth-order valence-corrected chi connectivity index (χ4v) is 2.78. The highest BCUT2D eigenvalue weighted by molar-refractivity contribution is 7.12. The molecule has 1 heterocycles. The van der Waals surface area contributed by atoms with Crippen LogP contribution in [-0.4, -0.2) is 18.5 Å². The lowest BCUT2D eigenvalue weighted by molar-refractivity contribution is -0.119. The van der Waals surface area contributed by atoms with Crippen molar-refractivity contribution >= 4 is 40.5 Å². The molecule has 2 aromatic rings. The van der Waals surface area contributed by atoms with E-state index in [9.17, 15) is 9.59 Å². The van der Waals surface area contributed by atoms with E-state index in [0.29, 0.717) is 15.6 Å². The fraction of sp³-hybridized carbons (Fsp3) is 0.200. The Morgan fingerprint density at radius 3 is 2.62 bits per heavy atom. The van der Waals surface area contributed by atoms with Crippen LogP contribution in [0.3, 0.4) is 0 Å². The molecule has 0 radical (unpaired) electrons. The average molecular weight is 324 g/mol. The summed E-state index contributed by atoms with van der Waals surface area (Å²) in [5, 5.41) is 5.09. The molecule has 0 bridgehead atoms. The molecule has 0 unspecified atom stereocenters. The van der Waals surface area contributed by atoms with Crippen LogP contribution >= 0.6 is 22.9 Å². The van der Waals surface area contributed by atoms with Crippen LogP contribution in [0, 0.1) is 13.8 Å². The van der Waals surface area contributed by atoms with Gasteiger partial charge in [-0.15, -0.1) is 11.3 Å². The largest absolute Gasteiger partial charge is 0.451 e. The molecule has 2 rings (SSSR count). The molecule has 6 heteroatoms. The molecule has 0 fully saturated rings. The molecule has 0 aliphatic rings. The molecule has 1 N–H and O–H groups in total. The lowest BCUT2D eigenvalue weighted by Crippen LogP contribution is -2.21. The quantitative estimate of drug-likeness (QED) is 0.870. The second-order valence-electron chi connectivity index (χ2n) is 4.52. The Bertz CT molecular complexity index is 681. The number of aryl methyl sites for hydroxylation is 2. The van der Waals surface area contributed by atoms with E-state index >= 15 is 0 Å². The predicted octanol–water partition coefficient (Wildman–Crippen LogP) is 3.81. The molecule has 21 heavy (non-hydrogen) atoms. The van der Waals surface area contributed by atoms with E-state index in [1.807, 2.05) is 25.3 Å². The molecule has 0 saturated heterocycles. The lowest BCUT2D eigenvalue weighted by Gasteiger charge is -2.09. The van der Waals surface area contributed by atoms with Gasteiger partial charge in [0.05, 0.1) is 0 Å². The number of thiophene rings is 1. The molecule has 1 aromatic heterocycles. The molecule has 110 valence electrons. The number of carbonyl (C=O) groups excluding carboxylic acids is 2. The molecule has 4 nitrogen and oxygen atoms in total. The smallest absolute Gasteiger partial charge is 0.349 e. The number of hydrogen-bond donors (Lipinski definition) is 1. The second kappa shape index (κ2) is 6.74. The molecule has 0 atom stereocenters. The van der Waals surface area contributed by atoms with E-state index in [0.717, 1.165) is 11.1 Å². The first-order valence-corrected chi connectivity index (χ1v) is 7.50. The normalized spacial score (nSPS) is 10.2. The Labute approximate surface area is 131 Å². The molecule has 0 aliphatic carbocycles. The third kappa shape index (κ3) is 4.06. The Morgan fingerprint density at radius 2 is 2.00 bits per heavy atom. The summed E-state index contributed by atoms with van der Waals surface area (Å²) >= 11 is 7.14. The number of nitrogens with one attached hydrogen (secondary N) is 1. The monoisotopic (exact) mass is 323 g/mol. The van der Waals surface area contributed by atoms with E-state index < -0.39 is 5.97 Å². The standard InChI is InChI=1S/C15H14ClNO3S/c1-9-5-6-21-14(9)15(19)20-8-13(18)17-12-4-3-11(16)7-10(12)2/h3-7H,8H2,1-2H3,(H,17,18). The Hall–Kier alpha value is -1.85. The zero-order chi connectivity index (χ0) is 15.4. The van der Waals surface area contributed by atoms with E-state index in [2.05, 4.69) is 5.32 Å². The van der Waals surface area contributed by atoms with Crippen molar-refractivity contribution in [3.8, 4) is 0 Å². The van der Waals surface area contributed by atoms with Crippen molar-refractivity contribution in [3.63, 3.8) is 0 Å². The first-order chi connectivity index (χ1) is 9.97. The summed E-state index contributed by atoms with van der Waals surface area (Å²) in [6.45, 7) is 3.34. The van der Waals surface area contributed by atoms with Crippen molar-refractivity contribution < 1.29 is 14.3 Å². The number of ether oxygens (including phenoxy) is 1. The number of esters is 1. The van der Waals surface area contributed by atoms with Crippen LogP contribution in [0.4, 0.5) is 5.69 Å². The van der Waals surface area contributed by atoms with Gasteiger partial charge >= 0.3 is 5.97 Å². The van der Waals surface area contributed by atoms with Crippen molar-refractivity contribution in [2.75, 3.05) is 11.9 Å². The second-order valence-corrected chi connectivity index (χ2v) is 5.87. The maximum absolute atomic E-state index is 11.8. The van der Waals surface area contributed by atoms with Crippen molar-refractivity contribution in [2.45, 2.75) is 13.8 Å². The molecule has 1 aromatic carbocycles. The molecular weight excluding hydrogens is 310 g/mol. The van der Waals surface area contributed by atoms with Crippen LogP contribution in [-0.2, 0) is 9.53 Å². The van der Waals surface area contributed by atoms with Crippen LogP contribution in [0.5, 0.6) is 0 Å². The van der Waals surface area contributed by atoms with E-state index in [-0.39, 0.29) is 12.5 Å². The maximum Gasteiger partial charge on any atom is 0.349 e. The molecule has 0 spiro atoms. The summed E-state index contributed by atoms with van der Waals surface area (Å²) in [4.78, 5) is 24.1. The summed E-state index contributed by atoms with van der Waals surface area (Å²) < 4.78 is 5.00. The van der Waals surface area contributed by atoms with Gasteiger partial charge in [-0.25, -0.2) is 4.79 Å². The maximum atomic E-state index is 11.8. The van der Waals surface area contributed by atoms with E-state index in [1.54, 1.807) is 18.2 Å². The van der Waals surface area contributed by atoms with Crippen molar-refractivity contribution in [1.29, 1.82) is 0 Å². The van der Waals surface area contributed by atoms with E-state index in [4.69, 9.17) is 16.3 Å². The zero-order valence-electron chi connectivity index (χ0n) is 11.6. The first-order valence-electron chi connectivity index (χ1n) is 6.24. The number of carbonyl (C=O) groups is 2. The average Bonchev–Trinajstić information content (AvgIpc) is 2.85. The van der Waals surface area contributed by atoms with E-state index in [1.165, 1.54) is 11.3 Å². The Balaban J connectivity index is 1.90. The van der Waals surface area contributed by atoms with Crippen LogP contribution in [0.15, 0.2) is 29.6 Å². The van der Waals surface area contributed by atoms with Gasteiger partial charge in [0.1, 0.15) is 4.88 Å². The molecule has 0 saturated carbocycles. The van der Waals surface area contributed by atoms with Crippen LogP contribution in [0.1, 0.15) is 20.8 Å². The first kappa shape index (κ1) is 15.5. The van der Waals surface area contributed by atoms with Gasteiger partial charge in [-0.3, -0.25) is 4.79 Å². The Morgan fingerprint density at radius 1 is 1.24 bits per heavy atom. The summed E-state index contributed by atoms with van der Waals surface area (Å²) in [7, 11) is 0. The number of rotatable bonds is 4. The van der Waals surface area contributed by atoms with Gasteiger partial charge in [-0.2, -0.15) is 0 Å². The van der Waals surface area contributed by atoms with Crippen molar-refractivity contribution in [3.05, 3.63) is 50.7 Å². The van der Waals surface area contributed by atoms with Crippen LogP contribution in [0.2, 0.25) is 5.02 Å². The van der Waals surface area contributed by atoms with Crippen molar-refractivity contribution in [1.82, 2.24) is 0 Å². The highest BCUT2D eigenvalue weighted by atomic mass is 35.5. The third-order valence-electron chi connectivity index (χ3n) is 2.84. The number of amides is 1. The lowest BCUT2D eigenvalue weighted by atomic mass is 10.2. The summed E-state index contributed by atoms with van der Waals surface area (Å²) in [6.07, 6.45) is 0. The van der Waals surface area contributed by atoms with Crippen molar-refractivity contribution in [2.24, 2.45) is 0 Å². The minimum absolute atomic E-state index is 0.321. The zero-order valence-corrected chi connectivity index (χ0v) is 13.2. The van der Waals surface area contributed by atoms with Gasteiger partial charge in [0.25, 0.3) is 5.91 Å². The fourth-order valence-electron chi connectivity index (χ4n) is 1.73. The molecule has 0 aliphatic heterocycles. The summed E-state index contributed by atoms with van der Waals surface area (Å²) in [5.41, 5.74) is 2.34. The Kier molecular flexibility index (Phi) is 4.98. The topological polar surface area (TPSA) is 55.4 Å². The number of benzene rings is 1. The minimum Gasteiger partial charge on any atom is -0.451 e. The summed E-state index contributed by atoms with van der Waals surface area (Å²) in [6, 6.07) is 6.97. The van der Waals surface area contributed by atoms with Gasteiger partial charge in [-0.05, 0) is 54.6 Å². The predicted molar refractivity (Wildman–Crippen MR) is 84.2 cm³/mol. The number of halogens is 1. The van der Waals surface area contributed by atoms with Crippen LogP contribution in [0.25, 0.3) is 0 Å². The molecule has 1 amide bonds. The van der Waals surface area contributed by atoms with Gasteiger partial charge in [0, 0.05) is 10.7 Å². The number of anilines is 1. The minimum atomic E-state index is -0.481. The molecular formula is C15H14ClNO3S. The highest BCUT2D eigenvalue weighted by Gasteiger charge is 2.14. The van der Waals surface area contributed by atoms with Gasteiger partial charge < -0.3 is 10.1 Å². The summed E-state index contributed by atoms with van der Waals surface area (Å²) in [5.74, 6) is -0.867. The van der Waals surface area contributed by atoms with Crippen LogP contribution < -0.4 is 5.32 Å². The highest BCUT2D eigenvalue weighted by Crippen LogP contribution is 2.20. The third-order valence-corrected chi connectivity index (χ3v) is 4.08. The van der Waals surface area contributed by atoms with Gasteiger partial charge in [-0.1, -0.05) is 11.6 Å². The SMILES string of the molecule is Cc1cc(Cl)ccc1NC(=O)COC(=O)c1sccc1C. The van der Waals surface area contributed by atoms with Gasteiger partial charge in [0.15, 0.2) is 6.61 Å². The van der Waals surface area contributed by atoms with Gasteiger partial charge in [0.2, 0.25) is 0 Å².